The number of carboxylic acid groups (broad SMARTS) is 1. The van der Waals surface area contributed by atoms with Crippen molar-refractivity contribution in [3.05, 3.63) is 63.6 Å². The van der Waals surface area contributed by atoms with E-state index in [0.717, 1.165) is 34.2 Å². The second-order valence-electron chi connectivity index (χ2n) is 5.59. The van der Waals surface area contributed by atoms with Gasteiger partial charge >= 0.3 is 5.97 Å². The van der Waals surface area contributed by atoms with E-state index in [2.05, 4.69) is 15.9 Å². The number of hydrogen-bond acceptors (Lipinski definition) is 2. The summed E-state index contributed by atoms with van der Waals surface area (Å²) in [5, 5.41) is 9.00. The van der Waals surface area contributed by atoms with E-state index in [1.165, 1.54) is 5.56 Å². The van der Waals surface area contributed by atoms with Gasteiger partial charge in [0.05, 0.1) is 10.9 Å². The van der Waals surface area contributed by atoms with Crippen LogP contribution in [0, 0.1) is 0 Å². The lowest BCUT2D eigenvalue weighted by Crippen LogP contribution is -2.03. The maximum absolute atomic E-state index is 10.9. The van der Waals surface area contributed by atoms with Crippen LogP contribution in [0.5, 0.6) is 5.75 Å². The smallest absolute Gasteiger partial charge is 0.303 e. The van der Waals surface area contributed by atoms with Gasteiger partial charge in [0, 0.05) is 0 Å². The summed E-state index contributed by atoms with van der Waals surface area (Å²) in [4.78, 5) is 10.9. The number of benzene rings is 2. The molecule has 0 bridgehead atoms. The Hall–Kier alpha value is -1.81. The van der Waals surface area contributed by atoms with E-state index in [0.29, 0.717) is 6.61 Å². The fraction of sp³-hybridized carbons (Fsp3) is 0.278. The predicted octanol–water partition coefficient (Wildman–Crippen LogP) is 4.53. The SMILES string of the molecule is O=C(O)C[C@@H]1CCc2cc(OCc3ccccc3)c(Br)cc21. The lowest BCUT2D eigenvalue weighted by molar-refractivity contribution is -0.137. The summed E-state index contributed by atoms with van der Waals surface area (Å²) in [7, 11) is 0. The van der Waals surface area contributed by atoms with Crippen LogP contribution in [-0.2, 0) is 17.8 Å². The van der Waals surface area contributed by atoms with Crippen molar-refractivity contribution in [2.24, 2.45) is 0 Å². The van der Waals surface area contributed by atoms with Crippen LogP contribution in [0.2, 0.25) is 0 Å². The summed E-state index contributed by atoms with van der Waals surface area (Å²) in [6, 6.07) is 14.1. The van der Waals surface area contributed by atoms with E-state index >= 15 is 0 Å². The topological polar surface area (TPSA) is 46.5 Å². The van der Waals surface area contributed by atoms with Gasteiger partial charge < -0.3 is 9.84 Å². The molecule has 1 atom stereocenters. The van der Waals surface area contributed by atoms with Crippen molar-refractivity contribution in [2.45, 2.75) is 31.8 Å². The molecule has 0 saturated heterocycles. The highest BCUT2D eigenvalue weighted by Gasteiger charge is 2.26. The van der Waals surface area contributed by atoms with E-state index < -0.39 is 5.97 Å². The van der Waals surface area contributed by atoms with Gasteiger partial charge in [-0.2, -0.15) is 0 Å². The number of aryl methyl sites for hydroxylation is 1. The van der Waals surface area contributed by atoms with Crippen molar-refractivity contribution in [3.8, 4) is 5.75 Å². The zero-order chi connectivity index (χ0) is 15.5. The normalized spacial score (nSPS) is 16.3. The molecule has 0 amide bonds. The number of carbonyl (C=O) groups is 1. The van der Waals surface area contributed by atoms with E-state index in [4.69, 9.17) is 9.84 Å². The second-order valence-corrected chi connectivity index (χ2v) is 6.44. The molecule has 0 aliphatic heterocycles. The molecule has 2 aromatic carbocycles. The number of aliphatic carboxylic acids is 1. The lowest BCUT2D eigenvalue weighted by Gasteiger charge is -2.13. The number of fused-ring (bicyclic) bond motifs is 1. The molecule has 2 aromatic rings. The maximum atomic E-state index is 10.9. The summed E-state index contributed by atoms with van der Waals surface area (Å²) in [5.41, 5.74) is 3.47. The number of rotatable bonds is 5. The number of halogens is 1. The third-order valence-electron chi connectivity index (χ3n) is 4.05. The molecule has 0 saturated carbocycles. The first kappa shape index (κ1) is 15.1. The Bertz CT molecular complexity index is 682. The molecule has 0 heterocycles. The predicted molar refractivity (Wildman–Crippen MR) is 88.2 cm³/mol. The van der Waals surface area contributed by atoms with Crippen LogP contribution in [0.1, 0.15) is 35.4 Å². The third-order valence-corrected chi connectivity index (χ3v) is 4.67. The van der Waals surface area contributed by atoms with Crippen LogP contribution in [-0.4, -0.2) is 11.1 Å². The quantitative estimate of drug-likeness (QED) is 0.851. The highest BCUT2D eigenvalue weighted by atomic mass is 79.9. The standard InChI is InChI=1S/C18H17BrO3/c19-16-10-15-13(6-7-14(15)9-18(20)21)8-17(16)22-11-12-4-2-1-3-5-12/h1-5,8,10,14H,6-7,9,11H2,(H,20,21)/t14-/m0/s1. The van der Waals surface area contributed by atoms with Gasteiger partial charge in [0.2, 0.25) is 0 Å². The molecule has 4 heteroatoms. The Morgan fingerprint density at radius 3 is 2.77 bits per heavy atom. The Kier molecular flexibility index (Phi) is 4.48. The van der Waals surface area contributed by atoms with Crippen LogP contribution in [0.4, 0.5) is 0 Å². The molecular formula is C18H17BrO3. The fourth-order valence-corrected chi connectivity index (χ4v) is 3.44. The van der Waals surface area contributed by atoms with Gasteiger partial charge in [0.15, 0.2) is 0 Å². The first-order chi connectivity index (χ1) is 10.6. The zero-order valence-corrected chi connectivity index (χ0v) is 13.7. The van der Waals surface area contributed by atoms with Crippen molar-refractivity contribution < 1.29 is 14.6 Å². The van der Waals surface area contributed by atoms with Crippen molar-refractivity contribution in [2.75, 3.05) is 0 Å². The first-order valence-corrected chi connectivity index (χ1v) is 8.13. The molecule has 1 aliphatic rings. The van der Waals surface area contributed by atoms with E-state index in [-0.39, 0.29) is 12.3 Å². The van der Waals surface area contributed by atoms with Gasteiger partial charge in [0.25, 0.3) is 0 Å². The van der Waals surface area contributed by atoms with Gasteiger partial charge in [-0.15, -0.1) is 0 Å². The van der Waals surface area contributed by atoms with Crippen molar-refractivity contribution in [3.63, 3.8) is 0 Å². The number of carboxylic acids is 1. The third kappa shape index (κ3) is 3.33. The first-order valence-electron chi connectivity index (χ1n) is 7.34. The summed E-state index contributed by atoms with van der Waals surface area (Å²) < 4.78 is 6.79. The molecule has 0 aromatic heterocycles. The largest absolute Gasteiger partial charge is 0.488 e. The monoisotopic (exact) mass is 360 g/mol. The summed E-state index contributed by atoms with van der Waals surface area (Å²) in [6.07, 6.45) is 2.02. The molecule has 0 spiro atoms. The molecule has 22 heavy (non-hydrogen) atoms. The highest BCUT2D eigenvalue weighted by molar-refractivity contribution is 9.10. The molecule has 1 aliphatic carbocycles. The van der Waals surface area contributed by atoms with Crippen LogP contribution < -0.4 is 4.74 Å². The van der Waals surface area contributed by atoms with Gasteiger partial charge in [-0.25, -0.2) is 0 Å². The average molecular weight is 361 g/mol. The fourth-order valence-electron chi connectivity index (χ4n) is 2.96. The minimum atomic E-state index is -0.738. The Balaban J connectivity index is 1.76. The molecule has 0 fully saturated rings. The summed E-state index contributed by atoms with van der Waals surface area (Å²) in [6.45, 7) is 0.525. The van der Waals surface area contributed by atoms with E-state index in [1.54, 1.807) is 0 Å². The van der Waals surface area contributed by atoms with Crippen molar-refractivity contribution in [1.29, 1.82) is 0 Å². The molecule has 0 radical (unpaired) electrons. The Morgan fingerprint density at radius 2 is 2.05 bits per heavy atom. The number of hydrogen-bond donors (Lipinski definition) is 1. The Morgan fingerprint density at radius 1 is 1.27 bits per heavy atom. The molecule has 114 valence electrons. The zero-order valence-electron chi connectivity index (χ0n) is 12.1. The van der Waals surface area contributed by atoms with Crippen LogP contribution >= 0.6 is 15.9 Å². The Labute approximate surface area is 138 Å². The average Bonchev–Trinajstić information content (AvgIpc) is 2.87. The molecule has 1 N–H and O–H groups in total. The van der Waals surface area contributed by atoms with Crippen LogP contribution in [0.3, 0.4) is 0 Å². The minimum Gasteiger partial charge on any atom is -0.488 e. The summed E-state index contributed by atoms with van der Waals surface area (Å²) in [5.74, 6) is 0.198. The van der Waals surface area contributed by atoms with Gasteiger partial charge in [-0.3, -0.25) is 4.79 Å². The lowest BCUT2D eigenvalue weighted by atomic mass is 9.98. The maximum Gasteiger partial charge on any atom is 0.303 e. The van der Waals surface area contributed by atoms with Gasteiger partial charge in [-0.1, -0.05) is 30.3 Å². The number of ether oxygens (including phenoxy) is 1. The van der Waals surface area contributed by atoms with E-state index in [1.807, 2.05) is 42.5 Å². The molecule has 3 rings (SSSR count). The van der Waals surface area contributed by atoms with Gasteiger partial charge in [-0.05, 0) is 63.5 Å². The van der Waals surface area contributed by atoms with Crippen LogP contribution in [0.15, 0.2) is 46.9 Å². The van der Waals surface area contributed by atoms with Gasteiger partial charge in [0.1, 0.15) is 12.4 Å². The van der Waals surface area contributed by atoms with Crippen molar-refractivity contribution >= 4 is 21.9 Å². The minimum absolute atomic E-state index is 0.118. The second kappa shape index (κ2) is 6.53. The molecule has 0 unspecified atom stereocenters. The molecule has 3 nitrogen and oxygen atoms in total. The molecular weight excluding hydrogens is 344 g/mol. The van der Waals surface area contributed by atoms with E-state index in [9.17, 15) is 4.79 Å². The summed E-state index contributed by atoms with van der Waals surface area (Å²) >= 11 is 3.54. The van der Waals surface area contributed by atoms with Crippen molar-refractivity contribution in [1.82, 2.24) is 0 Å². The highest BCUT2D eigenvalue weighted by Crippen LogP contribution is 2.40. The van der Waals surface area contributed by atoms with Crippen LogP contribution in [0.25, 0.3) is 0 Å².